The molecule has 26 heavy (non-hydrogen) atoms. The van der Waals surface area contributed by atoms with Gasteiger partial charge in [0.15, 0.2) is 0 Å². The molecule has 6 nitrogen and oxygen atoms in total. The number of nitrogens with zero attached hydrogens (tertiary/aromatic N) is 3. The summed E-state index contributed by atoms with van der Waals surface area (Å²) in [7, 11) is 0. The molecule has 0 spiro atoms. The summed E-state index contributed by atoms with van der Waals surface area (Å²) >= 11 is 0. The van der Waals surface area contributed by atoms with Gasteiger partial charge in [-0.1, -0.05) is 6.42 Å². The van der Waals surface area contributed by atoms with Crippen molar-refractivity contribution >= 4 is 5.91 Å². The zero-order chi connectivity index (χ0) is 18.7. The molecule has 3 heterocycles. The predicted molar refractivity (Wildman–Crippen MR) is 101 cm³/mol. The number of carbonyl (C=O) groups excluding carboxylic acids is 1. The van der Waals surface area contributed by atoms with E-state index in [1.54, 1.807) is 15.5 Å². The highest BCUT2D eigenvalue weighted by molar-refractivity contribution is 5.94. The second kappa shape index (κ2) is 8.35. The van der Waals surface area contributed by atoms with Gasteiger partial charge in [0.1, 0.15) is 5.56 Å². The summed E-state index contributed by atoms with van der Waals surface area (Å²) < 4.78 is 1.64. The zero-order valence-electron chi connectivity index (χ0n) is 16.0. The lowest BCUT2D eigenvalue weighted by atomic mass is 9.95. The number of aliphatic hydroxyl groups excluding tert-OH is 1. The van der Waals surface area contributed by atoms with Gasteiger partial charge in [0.05, 0.1) is 0 Å². The second-order valence-corrected chi connectivity index (χ2v) is 7.71. The molecule has 6 heteroatoms. The first-order valence-electron chi connectivity index (χ1n) is 9.88. The van der Waals surface area contributed by atoms with E-state index in [1.807, 2.05) is 19.9 Å². The maximum atomic E-state index is 13.0. The first kappa shape index (κ1) is 19.1. The van der Waals surface area contributed by atoms with Gasteiger partial charge in [0, 0.05) is 44.4 Å². The highest BCUT2D eigenvalue weighted by atomic mass is 16.3. The number of aromatic nitrogens is 1. The Kier molecular flexibility index (Phi) is 6.14. The summed E-state index contributed by atoms with van der Waals surface area (Å²) in [6, 6.07) is 3.49. The van der Waals surface area contributed by atoms with Crippen molar-refractivity contribution in [1.82, 2.24) is 14.4 Å². The van der Waals surface area contributed by atoms with Crippen molar-refractivity contribution in [2.45, 2.75) is 39.7 Å². The van der Waals surface area contributed by atoms with Gasteiger partial charge in [-0.15, -0.1) is 0 Å². The number of amides is 1. The fraction of sp³-hybridized carbons (Fsp3) is 0.700. The Hall–Kier alpha value is -1.66. The lowest BCUT2D eigenvalue weighted by molar-refractivity contribution is 0.0776. The monoisotopic (exact) mass is 361 g/mol. The molecule has 1 amide bonds. The van der Waals surface area contributed by atoms with E-state index in [2.05, 4.69) is 4.90 Å². The normalized spacial score (nSPS) is 24.2. The molecule has 1 aromatic heterocycles. The fourth-order valence-electron chi connectivity index (χ4n) is 4.39. The van der Waals surface area contributed by atoms with E-state index in [4.69, 9.17) is 0 Å². The number of hydrogen-bond donors (Lipinski definition) is 1. The standard InChI is InChI=1S/C20H31N3O3/c1-3-23-15(2)7-8-18(20(23)26)19(25)22-12-16(17(13-22)14-24)11-21-9-5-4-6-10-21/h7-8,16-17,24H,3-6,9-14H2,1-2H3/t16-,17-/m1/s1. The van der Waals surface area contributed by atoms with E-state index >= 15 is 0 Å². The molecular weight excluding hydrogens is 330 g/mol. The number of pyridine rings is 1. The lowest BCUT2D eigenvalue weighted by Crippen LogP contribution is -2.38. The molecule has 1 aromatic rings. The van der Waals surface area contributed by atoms with Crippen LogP contribution in [0, 0.1) is 18.8 Å². The number of rotatable bonds is 5. The van der Waals surface area contributed by atoms with E-state index in [-0.39, 0.29) is 35.5 Å². The van der Waals surface area contributed by atoms with Gasteiger partial charge in [-0.05, 0) is 57.8 Å². The Morgan fingerprint density at radius 1 is 1.15 bits per heavy atom. The van der Waals surface area contributed by atoms with Crippen LogP contribution in [0.3, 0.4) is 0 Å². The van der Waals surface area contributed by atoms with Crippen LogP contribution in [0.25, 0.3) is 0 Å². The summed E-state index contributed by atoms with van der Waals surface area (Å²) in [5.41, 5.74) is 0.900. The predicted octanol–water partition coefficient (Wildman–Crippen LogP) is 1.34. The quantitative estimate of drug-likeness (QED) is 0.860. The van der Waals surface area contributed by atoms with E-state index in [0.29, 0.717) is 19.6 Å². The number of likely N-dealkylation sites (tertiary alicyclic amines) is 2. The average molecular weight is 361 g/mol. The van der Waals surface area contributed by atoms with Crippen LogP contribution in [0.1, 0.15) is 42.2 Å². The third-order valence-electron chi connectivity index (χ3n) is 5.98. The van der Waals surface area contributed by atoms with Gasteiger partial charge in [-0.25, -0.2) is 0 Å². The highest BCUT2D eigenvalue weighted by Gasteiger charge is 2.36. The average Bonchev–Trinajstić information content (AvgIpc) is 3.05. The van der Waals surface area contributed by atoms with Crippen molar-refractivity contribution in [3.63, 3.8) is 0 Å². The summed E-state index contributed by atoms with van der Waals surface area (Å²) in [5.74, 6) is 0.178. The topological polar surface area (TPSA) is 65.8 Å². The molecular formula is C20H31N3O3. The van der Waals surface area contributed by atoms with Crippen molar-refractivity contribution in [1.29, 1.82) is 0 Å². The molecule has 0 radical (unpaired) electrons. The molecule has 2 saturated heterocycles. The first-order chi connectivity index (χ1) is 12.5. The molecule has 0 aliphatic carbocycles. The molecule has 1 N–H and O–H groups in total. The summed E-state index contributed by atoms with van der Waals surface area (Å²) in [6.07, 6.45) is 3.77. The van der Waals surface area contributed by atoms with E-state index in [1.165, 1.54) is 19.3 Å². The van der Waals surface area contributed by atoms with Crippen molar-refractivity contribution in [2.75, 3.05) is 39.3 Å². The SMILES string of the molecule is CCn1c(C)ccc(C(=O)N2C[C@@H](CN3CCCCC3)[C@@H](CO)C2)c1=O. The molecule has 0 bridgehead atoms. The Bertz CT molecular complexity index is 694. The molecule has 2 atom stereocenters. The minimum Gasteiger partial charge on any atom is -0.396 e. The van der Waals surface area contributed by atoms with Crippen LogP contribution in [-0.4, -0.2) is 64.7 Å². The van der Waals surface area contributed by atoms with Crippen LogP contribution in [-0.2, 0) is 6.54 Å². The number of hydrogen-bond acceptors (Lipinski definition) is 4. The highest BCUT2D eigenvalue weighted by Crippen LogP contribution is 2.26. The Morgan fingerprint density at radius 3 is 2.50 bits per heavy atom. The molecule has 2 fully saturated rings. The van der Waals surface area contributed by atoms with Gasteiger partial charge < -0.3 is 19.5 Å². The minimum atomic E-state index is -0.211. The van der Waals surface area contributed by atoms with Gasteiger partial charge in [-0.3, -0.25) is 9.59 Å². The Morgan fingerprint density at radius 2 is 1.85 bits per heavy atom. The van der Waals surface area contributed by atoms with Crippen molar-refractivity contribution < 1.29 is 9.90 Å². The lowest BCUT2D eigenvalue weighted by Gasteiger charge is -2.30. The van der Waals surface area contributed by atoms with Crippen LogP contribution in [0.5, 0.6) is 0 Å². The van der Waals surface area contributed by atoms with Crippen LogP contribution in [0.4, 0.5) is 0 Å². The molecule has 0 saturated carbocycles. The molecule has 0 unspecified atom stereocenters. The number of carbonyl (C=O) groups is 1. The van der Waals surface area contributed by atoms with E-state index < -0.39 is 0 Å². The molecule has 3 rings (SSSR count). The van der Waals surface area contributed by atoms with E-state index in [9.17, 15) is 14.7 Å². The molecule has 0 aromatic carbocycles. The summed E-state index contributed by atoms with van der Waals surface area (Å²) in [4.78, 5) is 29.8. The Labute approximate surface area is 155 Å². The maximum absolute atomic E-state index is 13.0. The van der Waals surface area contributed by atoms with Gasteiger partial charge in [0.2, 0.25) is 0 Å². The first-order valence-corrected chi connectivity index (χ1v) is 9.88. The van der Waals surface area contributed by atoms with Crippen LogP contribution in [0.15, 0.2) is 16.9 Å². The summed E-state index contributed by atoms with van der Waals surface area (Å²) in [5, 5.41) is 9.79. The Balaban J connectivity index is 1.73. The number of aryl methyl sites for hydroxylation is 1. The fourth-order valence-corrected chi connectivity index (χ4v) is 4.39. The van der Waals surface area contributed by atoms with Crippen LogP contribution in [0.2, 0.25) is 0 Å². The largest absolute Gasteiger partial charge is 0.396 e. The van der Waals surface area contributed by atoms with Gasteiger partial charge in [0.25, 0.3) is 11.5 Å². The van der Waals surface area contributed by atoms with Crippen LogP contribution >= 0.6 is 0 Å². The second-order valence-electron chi connectivity index (χ2n) is 7.71. The van der Waals surface area contributed by atoms with Crippen molar-refractivity contribution in [2.24, 2.45) is 11.8 Å². The molecule has 2 aliphatic heterocycles. The van der Waals surface area contributed by atoms with Gasteiger partial charge in [-0.2, -0.15) is 0 Å². The number of piperidine rings is 1. The zero-order valence-corrected chi connectivity index (χ0v) is 16.0. The third-order valence-corrected chi connectivity index (χ3v) is 5.98. The molecule has 2 aliphatic rings. The maximum Gasteiger partial charge on any atom is 0.263 e. The third kappa shape index (κ3) is 3.86. The van der Waals surface area contributed by atoms with Crippen molar-refractivity contribution in [3.05, 3.63) is 33.7 Å². The number of aliphatic hydroxyl groups is 1. The molecule has 144 valence electrons. The van der Waals surface area contributed by atoms with Crippen molar-refractivity contribution in [3.8, 4) is 0 Å². The summed E-state index contributed by atoms with van der Waals surface area (Å²) in [6.45, 7) is 8.76. The van der Waals surface area contributed by atoms with Crippen LogP contribution < -0.4 is 5.56 Å². The van der Waals surface area contributed by atoms with Gasteiger partial charge >= 0.3 is 0 Å². The minimum absolute atomic E-state index is 0.0926. The smallest absolute Gasteiger partial charge is 0.263 e. The van der Waals surface area contributed by atoms with E-state index in [0.717, 1.165) is 25.3 Å².